The Morgan fingerprint density at radius 1 is 1.11 bits per heavy atom. The van der Waals surface area contributed by atoms with Crippen molar-refractivity contribution in [3.05, 3.63) is 59.7 Å². The van der Waals surface area contributed by atoms with Crippen molar-refractivity contribution in [2.75, 3.05) is 13.7 Å². The second-order valence-electron chi connectivity index (χ2n) is 5.99. The molecule has 0 radical (unpaired) electrons. The van der Waals surface area contributed by atoms with E-state index in [1.807, 2.05) is 48.5 Å². The summed E-state index contributed by atoms with van der Waals surface area (Å²) in [7, 11) is 1.21. The molecule has 0 bridgehead atoms. The van der Waals surface area contributed by atoms with Crippen molar-refractivity contribution in [2.45, 2.75) is 18.5 Å². The van der Waals surface area contributed by atoms with E-state index < -0.39 is 18.2 Å². The maximum absolute atomic E-state index is 12.1. The van der Waals surface area contributed by atoms with Gasteiger partial charge in [0.05, 0.1) is 13.5 Å². The van der Waals surface area contributed by atoms with Crippen LogP contribution in [0.5, 0.6) is 0 Å². The molecular formula is C20H18N2O5. The van der Waals surface area contributed by atoms with Crippen molar-refractivity contribution < 1.29 is 23.9 Å². The number of hydrogen-bond acceptors (Lipinski definition) is 6. The van der Waals surface area contributed by atoms with Crippen molar-refractivity contribution in [1.82, 2.24) is 5.32 Å². The number of carbonyl (C=O) groups excluding carboxylic acids is 3. The van der Waals surface area contributed by atoms with Gasteiger partial charge in [-0.2, -0.15) is 4.99 Å². The van der Waals surface area contributed by atoms with Crippen LogP contribution in [0.4, 0.5) is 4.79 Å². The van der Waals surface area contributed by atoms with E-state index in [0.717, 1.165) is 22.3 Å². The number of ether oxygens (including phenoxy) is 2. The van der Waals surface area contributed by atoms with Crippen LogP contribution in [0.2, 0.25) is 0 Å². The van der Waals surface area contributed by atoms with Crippen molar-refractivity contribution in [3.63, 3.8) is 0 Å². The number of methoxy groups -OCH3 is 1. The second kappa shape index (κ2) is 8.29. The number of nitrogens with zero attached hydrogens (tertiary/aromatic N) is 1. The highest BCUT2D eigenvalue weighted by Crippen LogP contribution is 2.44. The topological polar surface area (TPSA) is 94.1 Å². The van der Waals surface area contributed by atoms with Crippen LogP contribution >= 0.6 is 0 Å². The maximum Gasteiger partial charge on any atom is 0.408 e. The molecule has 7 heteroatoms. The molecule has 138 valence electrons. The Labute approximate surface area is 156 Å². The molecule has 0 heterocycles. The lowest BCUT2D eigenvalue weighted by atomic mass is 9.98. The smallest absolute Gasteiger partial charge is 0.408 e. The third kappa shape index (κ3) is 4.04. The maximum atomic E-state index is 12.1. The van der Waals surface area contributed by atoms with Gasteiger partial charge in [-0.1, -0.05) is 48.5 Å². The summed E-state index contributed by atoms with van der Waals surface area (Å²) in [6, 6.07) is 15.9. The third-order valence-electron chi connectivity index (χ3n) is 4.42. The van der Waals surface area contributed by atoms with E-state index in [0.29, 0.717) is 0 Å². The first-order valence-corrected chi connectivity index (χ1v) is 8.39. The quantitative estimate of drug-likeness (QED) is 0.482. The number of isocyanates is 1. The molecule has 7 nitrogen and oxygen atoms in total. The Morgan fingerprint density at radius 3 is 2.26 bits per heavy atom. The molecule has 1 aliphatic carbocycles. The number of alkyl carbamates (subject to hydrolysis) is 1. The first-order chi connectivity index (χ1) is 13.1. The predicted molar refractivity (Wildman–Crippen MR) is 96.7 cm³/mol. The first kappa shape index (κ1) is 18.4. The van der Waals surface area contributed by atoms with Gasteiger partial charge >= 0.3 is 12.1 Å². The number of carbonyl (C=O) groups is 2. The van der Waals surface area contributed by atoms with E-state index in [1.54, 1.807) is 0 Å². The van der Waals surface area contributed by atoms with Crippen LogP contribution in [0.1, 0.15) is 23.5 Å². The van der Waals surface area contributed by atoms with Crippen LogP contribution in [0.25, 0.3) is 11.1 Å². The van der Waals surface area contributed by atoms with E-state index >= 15 is 0 Å². The third-order valence-corrected chi connectivity index (χ3v) is 4.42. The predicted octanol–water partition coefficient (Wildman–Crippen LogP) is 2.75. The fourth-order valence-corrected chi connectivity index (χ4v) is 3.21. The minimum atomic E-state index is -1.08. The summed E-state index contributed by atoms with van der Waals surface area (Å²) in [5.74, 6) is -0.699. The summed E-state index contributed by atoms with van der Waals surface area (Å²) in [5, 5.41) is 2.36. The molecule has 1 aliphatic rings. The Kier molecular flexibility index (Phi) is 5.64. The highest BCUT2D eigenvalue weighted by molar-refractivity contribution is 5.79. The molecular weight excluding hydrogens is 348 g/mol. The molecule has 2 aromatic rings. The highest BCUT2D eigenvalue weighted by atomic mass is 16.5. The molecule has 27 heavy (non-hydrogen) atoms. The number of amides is 1. The molecule has 1 atom stereocenters. The zero-order chi connectivity index (χ0) is 19.2. The zero-order valence-electron chi connectivity index (χ0n) is 14.7. The fourth-order valence-electron chi connectivity index (χ4n) is 3.21. The number of benzene rings is 2. The molecule has 0 fully saturated rings. The number of aliphatic imine (C=N–C) groups is 1. The number of rotatable bonds is 6. The van der Waals surface area contributed by atoms with Gasteiger partial charge < -0.3 is 9.47 Å². The second-order valence-corrected chi connectivity index (χ2v) is 5.99. The van der Waals surface area contributed by atoms with Gasteiger partial charge in [-0.15, -0.1) is 0 Å². The van der Waals surface area contributed by atoms with E-state index in [2.05, 4.69) is 15.0 Å². The molecule has 0 spiro atoms. The van der Waals surface area contributed by atoms with E-state index in [-0.39, 0.29) is 18.9 Å². The van der Waals surface area contributed by atoms with Crippen molar-refractivity contribution >= 4 is 18.1 Å². The van der Waals surface area contributed by atoms with Gasteiger partial charge in [-0.3, -0.25) is 10.1 Å². The largest absolute Gasteiger partial charge is 0.469 e. The van der Waals surface area contributed by atoms with Crippen LogP contribution in [-0.2, 0) is 19.1 Å². The lowest BCUT2D eigenvalue weighted by molar-refractivity contribution is -0.141. The first-order valence-electron chi connectivity index (χ1n) is 8.39. The Morgan fingerprint density at radius 2 is 1.70 bits per heavy atom. The van der Waals surface area contributed by atoms with Gasteiger partial charge in [0.2, 0.25) is 6.08 Å². The van der Waals surface area contributed by atoms with E-state index in [1.165, 1.54) is 13.2 Å². The average molecular weight is 366 g/mol. The van der Waals surface area contributed by atoms with Crippen molar-refractivity contribution in [3.8, 4) is 11.1 Å². The summed E-state index contributed by atoms with van der Waals surface area (Å²) >= 11 is 0. The van der Waals surface area contributed by atoms with E-state index in [4.69, 9.17) is 4.74 Å². The lowest BCUT2D eigenvalue weighted by Crippen LogP contribution is -2.36. The Hall–Kier alpha value is -3.44. The number of esters is 1. The Bertz CT molecular complexity index is 859. The summed E-state index contributed by atoms with van der Waals surface area (Å²) in [6.07, 6.45) is -0.811. The molecule has 0 aliphatic heterocycles. The zero-order valence-corrected chi connectivity index (χ0v) is 14.7. The molecule has 0 aromatic heterocycles. The SMILES string of the molecule is COC(=O)C[C@@H](N=C=O)NC(=O)OCC1c2ccccc2-c2ccccc21. The molecule has 3 rings (SSSR count). The molecule has 0 saturated heterocycles. The van der Waals surface area contributed by atoms with Crippen LogP contribution in [-0.4, -0.2) is 38.0 Å². The highest BCUT2D eigenvalue weighted by Gasteiger charge is 2.29. The van der Waals surface area contributed by atoms with E-state index in [9.17, 15) is 14.4 Å². The van der Waals surface area contributed by atoms with Gasteiger partial charge in [0.15, 0.2) is 0 Å². The van der Waals surface area contributed by atoms with Crippen molar-refractivity contribution in [1.29, 1.82) is 0 Å². The average Bonchev–Trinajstić information content (AvgIpc) is 3.00. The molecule has 0 saturated carbocycles. The van der Waals surface area contributed by atoms with Gasteiger partial charge in [0.1, 0.15) is 12.8 Å². The summed E-state index contributed by atoms with van der Waals surface area (Å²) in [5.41, 5.74) is 4.42. The van der Waals surface area contributed by atoms with Gasteiger partial charge in [0, 0.05) is 5.92 Å². The minimum Gasteiger partial charge on any atom is -0.469 e. The lowest BCUT2D eigenvalue weighted by Gasteiger charge is -2.16. The van der Waals surface area contributed by atoms with Crippen molar-refractivity contribution in [2.24, 2.45) is 4.99 Å². The number of fused-ring (bicyclic) bond motifs is 3. The molecule has 1 N–H and O–H groups in total. The van der Waals surface area contributed by atoms with Crippen LogP contribution in [0.3, 0.4) is 0 Å². The summed E-state index contributed by atoms with van der Waals surface area (Å²) in [4.78, 5) is 37.3. The minimum absolute atomic E-state index is 0.0863. The van der Waals surface area contributed by atoms with Crippen LogP contribution in [0, 0.1) is 0 Å². The molecule has 2 aromatic carbocycles. The van der Waals surface area contributed by atoms with Gasteiger partial charge in [-0.05, 0) is 22.3 Å². The monoisotopic (exact) mass is 366 g/mol. The van der Waals surface area contributed by atoms with Crippen LogP contribution in [0.15, 0.2) is 53.5 Å². The fraction of sp³-hybridized carbons (Fsp3) is 0.250. The summed E-state index contributed by atoms with van der Waals surface area (Å²) < 4.78 is 9.85. The summed E-state index contributed by atoms with van der Waals surface area (Å²) in [6.45, 7) is 0.121. The van der Waals surface area contributed by atoms with Gasteiger partial charge in [0.25, 0.3) is 0 Å². The standard InChI is InChI=1S/C20H18N2O5/c1-26-19(24)10-18(21-12-23)22-20(25)27-11-17-15-8-4-2-6-13(15)14-7-3-5-9-16(14)17/h2-9,17-18H,10-11H2,1H3,(H,22,25)/t18-/m0/s1. The number of nitrogens with one attached hydrogen (secondary N) is 1. The Balaban J connectivity index is 1.68. The molecule has 0 unspecified atom stereocenters. The van der Waals surface area contributed by atoms with Gasteiger partial charge in [-0.25, -0.2) is 9.59 Å². The normalized spacial score (nSPS) is 12.9. The van der Waals surface area contributed by atoms with Crippen LogP contribution < -0.4 is 5.32 Å². The number of hydrogen-bond donors (Lipinski definition) is 1. The molecule has 1 amide bonds.